The summed E-state index contributed by atoms with van der Waals surface area (Å²) in [6, 6.07) is 4.71. The second-order valence-corrected chi connectivity index (χ2v) is 5.04. The fourth-order valence-electron chi connectivity index (χ4n) is 1.54. The quantitative estimate of drug-likeness (QED) is 0.845. The number of hydrogen-bond donors (Lipinski definition) is 2. The summed E-state index contributed by atoms with van der Waals surface area (Å²) in [5.41, 5.74) is 0. The van der Waals surface area contributed by atoms with Crippen molar-refractivity contribution in [2.45, 2.75) is 19.9 Å². The van der Waals surface area contributed by atoms with Crippen molar-refractivity contribution in [2.24, 2.45) is 0 Å². The van der Waals surface area contributed by atoms with Gasteiger partial charge in [0.2, 0.25) is 0 Å². The van der Waals surface area contributed by atoms with Crippen LogP contribution in [-0.2, 0) is 6.54 Å². The third-order valence-corrected chi connectivity index (χ3v) is 3.36. The number of halogens is 2. The first-order valence-corrected chi connectivity index (χ1v) is 6.95. The molecule has 2 aromatic rings. The van der Waals surface area contributed by atoms with Gasteiger partial charge >= 0.3 is 0 Å². The first kappa shape index (κ1) is 13.7. The van der Waals surface area contributed by atoms with Crippen molar-refractivity contribution in [3.05, 3.63) is 40.1 Å². The third kappa shape index (κ3) is 3.64. The smallest absolute Gasteiger partial charge is 0.168 e. The van der Waals surface area contributed by atoms with Crippen LogP contribution >= 0.6 is 11.3 Å². The van der Waals surface area contributed by atoms with Gasteiger partial charge < -0.3 is 10.6 Å². The Kier molecular flexibility index (Phi) is 4.68. The lowest BCUT2D eigenvalue weighted by Crippen LogP contribution is -2.09. The normalized spacial score (nSPS) is 10.5. The van der Waals surface area contributed by atoms with Crippen LogP contribution < -0.4 is 10.6 Å². The van der Waals surface area contributed by atoms with E-state index in [9.17, 15) is 8.78 Å². The summed E-state index contributed by atoms with van der Waals surface area (Å²) < 4.78 is 27.1. The van der Waals surface area contributed by atoms with Crippen LogP contribution in [0.15, 0.2) is 23.6 Å². The summed E-state index contributed by atoms with van der Waals surface area (Å²) in [7, 11) is 0. The second-order valence-electron chi connectivity index (χ2n) is 4.01. The molecule has 2 aromatic heterocycles. The molecule has 0 amide bonds. The van der Waals surface area contributed by atoms with Gasteiger partial charge in [-0.25, -0.2) is 13.8 Å². The molecular formula is C13H15F2N3S. The van der Waals surface area contributed by atoms with Crippen LogP contribution in [0.3, 0.4) is 0 Å². The third-order valence-electron chi connectivity index (χ3n) is 2.48. The van der Waals surface area contributed by atoms with Gasteiger partial charge in [-0.2, -0.15) is 0 Å². The molecule has 6 heteroatoms. The molecule has 0 spiro atoms. The summed E-state index contributed by atoms with van der Waals surface area (Å²) in [6.07, 6.45) is 0.844. The minimum Gasteiger partial charge on any atom is -0.368 e. The van der Waals surface area contributed by atoms with Crippen molar-refractivity contribution in [1.82, 2.24) is 4.98 Å². The first-order chi connectivity index (χ1) is 9.20. The standard InChI is InChI=1S/C13H15F2N3S/c1-2-5-16-12-10(14)7-11(15)13(18-12)17-8-9-4-3-6-19-9/h3-4,6-7H,2,5,8H2,1H3,(H2,16,17,18). The van der Waals surface area contributed by atoms with Crippen molar-refractivity contribution < 1.29 is 8.78 Å². The number of thiophene rings is 1. The number of hydrogen-bond acceptors (Lipinski definition) is 4. The lowest BCUT2D eigenvalue weighted by molar-refractivity contribution is 0.578. The maximum absolute atomic E-state index is 13.6. The molecule has 0 atom stereocenters. The first-order valence-electron chi connectivity index (χ1n) is 6.07. The van der Waals surface area contributed by atoms with Gasteiger partial charge in [0, 0.05) is 17.5 Å². The summed E-state index contributed by atoms with van der Waals surface area (Å²) in [4.78, 5) is 5.00. The largest absolute Gasteiger partial charge is 0.368 e. The zero-order valence-corrected chi connectivity index (χ0v) is 11.4. The lowest BCUT2D eigenvalue weighted by atomic mass is 10.3. The predicted octanol–water partition coefficient (Wildman–Crippen LogP) is 3.86. The van der Waals surface area contributed by atoms with Gasteiger partial charge in [0.05, 0.1) is 6.54 Å². The molecule has 102 valence electrons. The highest BCUT2D eigenvalue weighted by atomic mass is 32.1. The minimum absolute atomic E-state index is 0.0633. The Morgan fingerprint density at radius 3 is 2.58 bits per heavy atom. The van der Waals surface area contributed by atoms with Crippen LogP contribution in [0.2, 0.25) is 0 Å². The monoisotopic (exact) mass is 283 g/mol. The number of aromatic nitrogens is 1. The average molecular weight is 283 g/mol. The van der Waals surface area contributed by atoms with E-state index in [1.54, 1.807) is 11.3 Å². The van der Waals surface area contributed by atoms with Crippen LogP contribution in [0, 0.1) is 11.6 Å². The molecule has 0 aliphatic rings. The molecule has 0 aliphatic heterocycles. The van der Waals surface area contributed by atoms with E-state index in [0.29, 0.717) is 13.1 Å². The molecule has 2 N–H and O–H groups in total. The van der Waals surface area contributed by atoms with Crippen LogP contribution in [0.4, 0.5) is 20.4 Å². The van der Waals surface area contributed by atoms with Crippen molar-refractivity contribution in [1.29, 1.82) is 0 Å². The Morgan fingerprint density at radius 1 is 1.21 bits per heavy atom. The van der Waals surface area contributed by atoms with E-state index in [1.807, 2.05) is 24.4 Å². The lowest BCUT2D eigenvalue weighted by Gasteiger charge is -2.10. The van der Waals surface area contributed by atoms with E-state index in [0.717, 1.165) is 17.4 Å². The maximum Gasteiger partial charge on any atom is 0.168 e. The molecule has 3 nitrogen and oxygen atoms in total. The highest BCUT2D eigenvalue weighted by Crippen LogP contribution is 2.20. The predicted molar refractivity (Wildman–Crippen MR) is 74.6 cm³/mol. The van der Waals surface area contributed by atoms with Crippen molar-refractivity contribution >= 4 is 23.0 Å². The SMILES string of the molecule is CCCNc1nc(NCc2cccs2)c(F)cc1F. The van der Waals surface area contributed by atoms with E-state index in [1.165, 1.54) is 0 Å². The molecule has 0 aliphatic carbocycles. The number of nitrogens with one attached hydrogen (secondary N) is 2. The minimum atomic E-state index is -0.684. The molecule has 0 bridgehead atoms. The molecule has 0 fully saturated rings. The molecular weight excluding hydrogens is 268 g/mol. The number of pyridine rings is 1. The molecule has 0 saturated heterocycles. The van der Waals surface area contributed by atoms with Gasteiger partial charge in [-0.05, 0) is 17.9 Å². The Bertz CT molecular complexity index is 529. The zero-order valence-electron chi connectivity index (χ0n) is 10.5. The van der Waals surface area contributed by atoms with Crippen molar-refractivity contribution in [3.63, 3.8) is 0 Å². The molecule has 2 rings (SSSR count). The Balaban J connectivity index is 2.10. The van der Waals surface area contributed by atoms with Crippen LogP contribution in [0.25, 0.3) is 0 Å². The molecule has 0 unspecified atom stereocenters. The van der Waals surface area contributed by atoms with Crippen LogP contribution in [0.1, 0.15) is 18.2 Å². The second kappa shape index (κ2) is 6.47. The van der Waals surface area contributed by atoms with Gasteiger partial charge in [0.25, 0.3) is 0 Å². The average Bonchev–Trinajstić information content (AvgIpc) is 2.90. The Labute approximate surface area is 114 Å². The van der Waals surface area contributed by atoms with E-state index in [-0.39, 0.29) is 11.6 Å². The van der Waals surface area contributed by atoms with Crippen molar-refractivity contribution in [3.8, 4) is 0 Å². The summed E-state index contributed by atoms with van der Waals surface area (Å²) in [6.45, 7) is 3.03. The summed E-state index contributed by atoms with van der Waals surface area (Å²) in [5.74, 6) is -1.21. The van der Waals surface area contributed by atoms with Gasteiger partial charge in [-0.15, -0.1) is 11.3 Å². The van der Waals surface area contributed by atoms with E-state index < -0.39 is 11.6 Å². The zero-order chi connectivity index (χ0) is 13.7. The van der Waals surface area contributed by atoms with E-state index in [4.69, 9.17) is 0 Å². The Hall–Kier alpha value is -1.69. The number of anilines is 2. The van der Waals surface area contributed by atoms with Gasteiger partial charge in [0.1, 0.15) is 0 Å². The molecule has 2 heterocycles. The molecule has 0 saturated carbocycles. The molecule has 0 aromatic carbocycles. The molecule has 19 heavy (non-hydrogen) atoms. The molecule has 0 radical (unpaired) electrons. The van der Waals surface area contributed by atoms with Gasteiger partial charge in [-0.1, -0.05) is 13.0 Å². The summed E-state index contributed by atoms with van der Waals surface area (Å²) in [5, 5.41) is 7.65. The van der Waals surface area contributed by atoms with Crippen LogP contribution in [0.5, 0.6) is 0 Å². The van der Waals surface area contributed by atoms with Crippen molar-refractivity contribution in [2.75, 3.05) is 17.2 Å². The van der Waals surface area contributed by atoms with E-state index >= 15 is 0 Å². The van der Waals surface area contributed by atoms with Gasteiger partial charge in [-0.3, -0.25) is 0 Å². The fraction of sp³-hybridized carbons (Fsp3) is 0.308. The highest BCUT2D eigenvalue weighted by molar-refractivity contribution is 7.09. The summed E-state index contributed by atoms with van der Waals surface area (Å²) >= 11 is 1.57. The highest BCUT2D eigenvalue weighted by Gasteiger charge is 2.11. The maximum atomic E-state index is 13.6. The topological polar surface area (TPSA) is 37.0 Å². The Morgan fingerprint density at radius 2 is 1.95 bits per heavy atom. The van der Waals surface area contributed by atoms with Crippen LogP contribution in [-0.4, -0.2) is 11.5 Å². The number of rotatable bonds is 6. The van der Waals surface area contributed by atoms with E-state index in [2.05, 4.69) is 15.6 Å². The number of nitrogens with zero attached hydrogens (tertiary/aromatic N) is 1. The fourth-order valence-corrected chi connectivity index (χ4v) is 2.19. The van der Waals surface area contributed by atoms with Gasteiger partial charge in [0.15, 0.2) is 23.3 Å².